The molecule has 0 fully saturated rings. The number of hydrogen-bond acceptors (Lipinski definition) is 5. The molecule has 1 aliphatic rings. The van der Waals surface area contributed by atoms with Crippen LogP contribution in [0.5, 0.6) is 11.5 Å². The number of cyclic esters (lactones) is 1. The Hall–Kier alpha value is -2.50. The molecule has 0 radical (unpaired) electrons. The normalized spacial score (nSPS) is 20.9. The highest BCUT2D eigenvalue weighted by Gasteiger charge is 2.28. The Labute approximate surface area is 184 Å². The van der Waals surface area contributed by atoms with Gasteiger partial charge in [0.15, 0.2) is 0 Å². The number of allylic oxidation sites excluding steroid dienone is 1. The number of ketones is 1. The van der Waals surface area contributed by atoms with E-state index in [-0.39, 0.29) is 40.2 Å². The highest BCUT2D eigenvalue weighted by atomic mass is 35.5. The number of fused-ring (bicyclic) bond motifs is 1. The van der Waals surface area contributed by atoms with Crippen molar-refractivity contribution in [3.8, 4) is 11.5 Å². The van der Waals surface area contributed by atoms with Gasteiger partial charge >= 0.3 is 5.97 Å². The van der Waals surface area contributed by atoms with E-state index in [0.717, 1.165) is 11.6 Å². The average Bonchev–Trinajstić information content (AvgIpc) is 2.70. The van der Waals surface area contributed by atoms with Crippen LogP contribution < -0.4 is 0 Å². The van der Waals surface area contributed by atoms with Crippen molar-refractivity contribution in [1.82, 2.24) is 0 Å². The maximum atomic E-state index is 13.0. The second kappa shape index (κ2) is 10.0. The van der Waals surface area contributed by atoms with Gasteiger partial charge in [0.25, 0.3) is 0 Å². The van der Waals surface area contributed by atoms with Crippen LogP contribution in [-0.2, 0) is 16.0 Å². The summed E-state index contributed by atoms with van der Waals surface area (Å²) >= 11 is 12.5. The standard InChI is InChI=1S/C23H22Cl2O5/c24-15-9-5-2-6-10-20(14-7-3-1-4-8-14)30-23(29)21-17(12-16(26)11-15)22(25)19(28)13-18(21)27/h1-4,6-8,13,15,20,27-28H,5,9-12H2/t15?,20-/m0/s1. The molecular weight excluding hydrogens is 427 g/mol. The van der Waals surface area contributed by atoms with E-state index in [1.54, 1.807) is 0 Å². The molecule has 1 unspecified atom stereocenters. The summed E-state index contributed by atoms with van der Waals surface area (Å²) in [7, 11) is 0. The quantitative estimate of drug-likeness (QED) is 0.341. The first-order valence-corrected chi connectivity index (χ1v) is 10.5. The van der Waals surface area contributed by atoms with Crippen molar-refractivity contribution in [3.63, 3.8) is 0 Å². The van der Waals surface area contributed by atoms with Gasteiger partial charge in [0.05, 0.1) is 5.02 Å². The molecule has 2 aromatic rings. The number of phenolic OH excluding ortho intramolecular Hbond substituents is 2. The number of rotatable bonds is 1. The van der Waals surface area contributed by atoms with E-state index in [2.05, 4.69) is 0 Å². The zero-order chi connectivity index (χ0) is 21.7. The summed E-state index contributed by atoms with van der Waals surface area (Å²) in [5.74, 6) is -1.99. The molecule has 0 bridgehead atoms. The molecule has 1 aliphatic heterocycles. The number of phenols is 2. The predicted octanol–water partition coefficient (Wildman–Crippen LogP) is 5.50. The van der Waals surface area contributed by atoms with E-state index in [4.69, 9.17) is 27.9 Å². The third-order valence-electron chi connectivity index (χ3n) is 4.93. The van der Waals surface area contributed by atoms with Crippen molar-refractivity contribution in [2.45, 2.75) is 43.6 Å². The molecule has 3 rings (SSSR count). The lowest BCUT2D eigenvalue weighted by Gasteiger charge is -2.20. The summed E-state index contributed by atoms with van der Waals surface area (Å²) in [5, 5.41) is 19.8. The van der Waals surface area contributed by atoms with Crippen molar-refractivity contribution < 1.29 is 24.5 Å². The number of Topliss-reactive ketones (excluding diaryl/α,β-unsaturated/α-hetero) is 1. The lowest BCUT2D eigenvalue weighted by Crippen LogP contribution is -2.17. The lowest BCUT2D eigenvalue weighted by molar-refractivity contribution is -0.118. The van der Waals surface area contributed by atoms with Crippen molar-refractivity contribution in [2.75, 3.05) is 0 Å². The molecule has 2 N–H and O–H groups in total. The lowest BCUT2D eigenvalue weighted by atomic mass is 9.97. The number of benzene rings is 2. The molecule has 0 saturated heterocycles. The van der Waals surface area contributed by atoms with Gasteiger partial charge in [-0.1, -0.05) is 54.1 Å². The van der Waals surface area contributed by atoms with Gasteiger partial charge in [-0.15, -0.1) is 11.6 Å². The van der Waals surface area contributed by atoms with Gasteiger partial charge in [0.1, 0.15) is 28.9 Å². The number of carbonyl (C=O) groups is 2. The zero-order valence-electron chi connectivity index (χ0n) is 16.2. The molecule has 0 amide bonds. The van der Waals surface area contributed by atoms with Gasteiger partial charge in [-0.3, -0.25) is 4.79 Å². The van der Waals surface area contributed by atoms with Crippen LogP contribution in [-0.4, -0.2) is 27.3 Å². The summed E-state index contributed by atoms with van der Waals surface area (Å²) in [6, 6.07) is 10.2. The molecule has 0 aromatic heterocycles. The number of hydrogen-bond donors (Lipinski definition) is 2. The number of halogens is 2. The minimum absolute atomic E-state index is 0.0347. The van der Waals surface area contributed by atoms with Gasteiger partial charge in [0, 0.05) is 36.3 Å². The molecule has 0 spiro atoms. The van der Waals surface area contributed by atoms with E-state index in [0.29, 0.717) is 19.3 Å². The maximum absolute atomic E-state index is 13.0. The summed E-state index contributed by atoms with van der Waals surface area (Å²) in [4.78, 5) is 25.5. The fourth-order valence-corrected chi connectivity index (χ4v) is 3.93. The van der Waals surface area contributed by atoms with Gasteiger partial charge in [-0.2, -0.15) is 0 Å². The second-order valence-electron chi connectivity index (χ2n) is 7.19. The minimum atomic E-state index is -0.820. The molecule has 5 nitrogen and oxygen atoms in total. The first-order chi connectivity index (χ1) is 14.4. The molecule has 158 valence electrons. The molecule has 2 aromatic carbocycles. The number of ether oxygens (including phenoxy) is 1. The molecule has 1 heterocycles. The van der Waals surface area contributed by atoms with Gasteiger partial charge < -0.3 is 14.9 Å². The van der Waals surface area contributed by atoms with E-state index >= 15 is 0 Å². The Bertz CT molecular complexity index is 956. The molecular formula is C23H22Cl2O5. The Morgan fingerprint density at radius 1 is 1.03 bits per heavy atom. The van der Waals surface area contributed by atoms with Crippen LogP contribution in [0, 0.1) is 0 Å². The van der Waals surface area contributed by atoms with Gasteiger partial charge in [0.2, 0.25) is 0 Å². The largest absolute Gasteiger partial charge is 0.507 e. The maximum Gasteiger partial charge on any atom is 0.342 e. The summed E-state index contributed by atoms with van der Waals surface area (Å²) in [5.41, 5.74) is 0.603. The number of aromatic hydroxyl groups is 2. The van der Waals surface area contributed by atoms with Crippen molar-refractivity contribution in [2.24, 2.45) is 0 Å². The third-order valence-corrected chi connectivity index (χ3v) is 5.73. The van der Waals surface area contributed by atoms with Crippen LogP contribution in [0.4, 0.5) is 0 Å². The summed E-state index contributed by atoms with van der Waals surface area (Å²) in [6.07, 6.45) is 4.84. The van der Waals surface area contributed by atoms with E-state index in [1.807, 2.05) is 42.5 Å². The predicted molar refractivity (Wildman–Crippen MR) is 115 cm³/mol. The minimum Gasteiger partial charge on any atom is -0.507 e. The van der Waals surface area contributed by atoms with Crippen LogP contribution in [0.1, 0.15) is 53.3 Å². The Morgan fingerprint density at radius 3 is 2.50 bits per heavy atom. The van der Waals surface area contributed by atoms with Crippen LogP contribution >= 0.6 is 23.2 Å². The van der Waals surface area contributed by atoms with Crippen LogP contribution in [0.3, 0.4) is 0 Å². The van der Waals surface area contributed by atoms with E-state index in [9.17, 15) is 19.8 Å². The molecule has 2 atom stereocenters. The second-order valence-corrected chi connectivity index (χ2v) is 8.18. The van der Waals surface area contributed by atoms with Crippen LogP contribution in [0.25, 0.3) is 0 Å². The van der Waals surface area contributed by atoms with Crippen molar-refractivity contribution >= 4 is 35.0 Å². The first-order valence-electron chi connectivity index (χ1n) is 9.66. The summed E-state index contributed by atoms with van der Waals surface area (Å²) < 4.78 is 5.71. The number of alkyl halides is 1. The monoisotopic (exact) mass is 448 g/mol. The first kappa shape index (κ1) is 22.2. The SMILES string of the molecule is O=C1Cc2c(Cl)c(O)cc(O)c2C(=O)O[C@H](c2ccccc2)CC=CCCC(Cl)C1. The zero-order valence-corrected chi connectivity index (χ0v) is 17.7. The smallest absolute Gasteiger partial charge is 0.342 e. The molecule has 0 saturated carbocycles. The van der Waals surface area contributed by atoms with Crippen LogP contribution in [0.2, 0.25) is 5.02 Å². The topological polar surface area (TPSA) is 83.8 Å². The van der Waals surface area contributed by atoms with E-state index in [1.165, 1.54) is 0 Å². The molecule has 30 heavy (non-hydrogen) atoms. The Morgan fingerprint density at radius 2 is 1.77 bits per heavy atom. The fourth-order valence-electron chi connectivity index (χ4n) is 3.42. The Balaban J connectivity index is 2.05. The Kier molecular flexibility index (Phi) is 7.40. The highest BCUT2D eigenvalue weighted by molar-refractivity contribution is 6.33. The van der Waals surface area contributed by atoms with Crippen LogP contribution in [0.15, 0.2) is 48.6 Å². The van der Waals surface area contributed by atoms with Gasteiger partial charge in [-0.25, -0.2) is 4.79 Å². The fraction of sp³-hybridized carbons (Fsp3) is 0.304. The van der Waals surface area contributed by atoms with E-state index < -0.39 is 23.6 Å². The average molecular weight is 449 g/mol. The number of carbonyl (C=O) groups excluding carboxylic acids is 2. The summed E-state index contributed by atoms with van der Waals surface area (Å²) in [6.45, 7) is 0. The van der Waals surface area contributed by atoms with Crippen molar-refractivity contribution in [1.29, 1.82) is 0 Å². The molecule has 0 aliphatic carbocycles. The molecule has 7 heteroatoms. The van der Waals surface area contributed by atoms with Crippen molar-refractivity contribution in [3.05, 3.63) is 70.3 Å². The van der Waals surface area contributed by atoms with Gasteiger partial charge in [-0.05, 0) is 18.4 Å². The highest BCUT2D eigenvalue weighted by Crippen LogP contribution is 2.38. The third kappa shape index (κ3) is 5.35. The number of esters is 1.